The van der Waals surface area contributed by atoms with Crippen molar-refractivity contribution in [1.29, 1.82) is 0 Å². The van der Waals surface area contributed by atoms with Gasteiger partial charge in [0, 0.05) is 27.5 Å². The topological polar surface area (TPSA) is 51.8 Å². The summed E-state index contributed by atoms with van der Waals surface area (Å²) in [7, 11) is 11.1. The van der Waals surface area contributed by atoms with Crippen LogP contribution in [0.25, 0.3) is 111 Å². The van der Waals surface area contributed by atoms with Crippen LogP contribution >= 0.6 is 0 Å². The van der Waals surface area contributed by atoms with Gasteiger partial charge in [-0.05, 0) is 84.9 Å². The summed E-state index contributed by atoms with van der Waals surface area (Å²) in [5, 5.41) is 9.74. The van der Waals surface area contributed by atoms with Crippen LogP contribution in [0.5, 0.6) is 0 Å². The monoisotopic (exact) mass is 761 g/mol. The van der Waals surface area contributed by atoms with Gasteiger partial charge in [0.15, 0.2) is 17.5 Å². The van der Waals surface area contributed by atoms with Gasteiger partial charge < -0.3 is 4.42 Å². The molecule has 2 aromatic heterocycles. The van der Waals surface area contributed by atoms with E-state index in [1.165, 1.54) is 76.3 Å². The maximum Gasteiger partial charge on any atom is 0.164 e. The summed E-state index contributed by atoms with van der Waals surface area (Å²) in [6.07, 6.45) is 0. The maximum atomic E-state index is 6.54. The lowest BCUT2D eigenvalue weighted by Crippen LogP contribution is -2.55. The van der Waals surface area contributed by atoms with Crippen LogP contribution < -0.4 is 27.3 Å². The van der Waals surface area contributed by atoms with Gasteiger partial charge in [-0.1, -0.05) is 138 Å². The molecule has 276 valence electrons. The van der Waals surface area contributed by atoms with Crippen LogP contribution in [0.1, 0.15) is 0 Å². The fraction of sp³-hybridized carbons (Fsp3) is 0. The molecule has 0 bridgehead atoms. The number of hydrogen-bond acceptors (Lipinski definition) is 4. The number of aromatic nitrogens is 3. The van der Waals surface area contributed by atoms with Crippen LogP contribution in [0, 0.1) is 0 Å². The minimum atomic E-state index is 0.596. The number of fused-ring (bicyclic) bond motifs is 9. The van der Waals surface area contributed by atoms with Crippen LogP contribution in [0.2, 0.25) is 0 Å². The Bertz CT molecular complexity index is 3490. The van der Waals surface area contributed by atoms with E-state index in [1.807, 2.05) is 30.3 Å². The molecule has 0 unspecified atom stereocenters. The molecule has 0 aliphatic carbocycles. The van der Waals surface area contributed by atoms with Gasteiger partial charge in [0.2, 0.25) is 0 Å². The quantitative estimate of drug-likeness (QED) is 0.186. The fourth-order valence-electron chi connectivity index (χ4n) is 9.25. The van der Waals surface area contributed by atoms with E-state index in [1.54, 1.807) is 0 Å². The molecule has 0 N–H and O–H groups in total. The summed E-state index contributed by atoms with van der Waals surface area (Å²) >= 11 is 0. The van der Waals surface area contributed by atoms with Gasteiger partial charge in [0.25, 0.3) is 0 Å². The average molecular weight is 761 g/mol. The van der Waals surface area contributed by atoms with Crippen LogP contribution in [0.4, 0.5) is 0 Å². The normalized spacial score (nSPS) is 11.7. The van der Waals surface area contributed by atoms with Crippen LogP contribution in [-0.4, -0.2) is 54.2 Å². The van der Waals surface area contributed by atoms with E-state index in [-0.39, 0.29) is 0 Å². The Hall–Kier alpha value is -7.11. The van der Waals surface area contributed by atoms with Gasteiger partial charge >= 0.3 is 0 Å². The Morgan fingerprint density at radius 3 is 1.32 bits per heavy atom. The molecule has 4 nitrogen and oxygen atoms in total. The zero-order valence-corrected chi connectivity index (χ0v) is 34.3. The van der Waals surface area contributed by atoms with Gasteiger partial charge in [0.1, 0.15) is 50.4 Å². The highest BCUT2D eigenvalue weighted by Gasteiger charge is 2.18. The van der Waals surface area contributed by atoms with Crippen LogP contribution in [0.3, 0.4) is 0 Å². The van der Waals surface area contributed by atoms with E-state index in [4.69, 9.17) is 19.4 Å². The predicted molar refractivity (Wildman–Crippen MR) is 268 cm³/mol. The summed E-state index contributed by atoms with van der Waals surface area (Å²) in [6.45, 7) is 0. The second-order valence-corrected chi connectivity index (χ2v) is 16.1. The van der Waals surface area contributed by atoms with Crippen molar-refractivity contribution in [2.24, 2.45) is 0 Å². The lowest BCUT2D eigenvalue weighted by molar-refractivity contribution is 0.669. The lowest BCUT2D eigenvalue weighted by Gasteiger charge is -2.20. The van der Waals surface area contributed by atoms with E-state index in [0.29, 0.717) is 17.5 Å². The molecule has 0 fully saturated rings. The Morgan fingerprint density at radius 2 is 0.700 bits per heavy atom. The van der Waals surface area contributed by atoms with E-state index in [9.17, 15) is 0 Å². The van der Waals surface area contributed by atoms with Crippen LogP contribution in [0.15, 0.2) is 162 Å². The van der Waals surface area contributed by atoms with E-state index in [2.05, 4.69) is 167 Å². The highest BCUT2D eigenvalue weighted by Crippen LogP contribution is 2.39. The second kappa shape index (κ2) is 14.0. The molecule has 0 saturated carbocycles. The largest absolute Gasteiger partial charge is 0.456 e. The first-order valence-corrected chi connectivity index (χ1v) is 20.6. The van der Waals surface area contributed by atoms with Crippen molar-refractivity contribution >= 4 is 121 Å². The minimum absolute atomic E-state index is 0.596. The van der Waals surface area contributed by atoms with Crippen molar-refractivity contribution in [2.45, 2.75) is 0 Å². The average Bonchev–Trinajstić information content (AvgIpc) is 3.68. The Labute approximate surface area is 352 Å². The van der Waals surface area contributed by atoms with Crippen molar-refractivity contribution in [3.63, 3.8) is 0 Å². The van der Waals surface area contributed by atoms with E-state index < -0.39 is 0 Å². The third-order valence-corrected chi connectivity index (χ3v) is 12.9. The third kappa shape index (κ3) is 5.79. The Balaban J connectivity index is 0.992. The zero-order valence-electron chi connectivity index (χ0n) is 34.3. The summed E-state index contributed by atoms with van der Waals surface area (Å²) in [4.78, 5) is 15.1. The molecular weight excluding hydrogens is 725 g/mol. The molecule has 11 rings (SSSR count). The molecule has 0 spiro atoms. The number of furan rings is 1. The summed E-state index contributed by atoms with van der Waals surface area (Å²) in [5.41, 5.74) is 15.9. The van der Waals surface area contributed by atoms with Crippen molar-refractivity contribution in [1.82, 2.24) is 15.0 Å². The summed E-state index contributed by atoms with van der Waals surface area (Å²) in [6, 6.07) is 55.9. The van der Waals surface area contributed by atoms with Gasteiger partial charge in [-0.2, -0.15) is 0 Å². The SMILES string of the molecule is Bc1c(B)c(B)c(-c2ccc(-c3nc(-c4ccccc4)nc(-c4ccc5c(c4)oc4ccc(-c6ccc7c8ccccc8c8ccccc8c7c6)cc45)n3)cc2)c(B)c1B. The molecule has 9 heteroatoms. The minimum Gasteiger partial charge on any atom is -0.456 e. The highest BCUT2D eigenvalue weighted by atomic mass is 16.3. The molecule has 9 aromatic carbocycles. The smallest absolute Gasteiger partial charge is 0.164 e. The number of nitrogens with zero attached hydrogens (tertiary/aromatic N) is 3. The van der Waals surface area contributed by atoms with E-state index >= 15 is 0 Å². The van der Waals surface area contributed by atoms with E-state index in [0.717, 1.165) is 44.2 Å². The Morgan fingerprint density at radius 1 is 0.283 bits per heavy atom. The fourth-order valence-corrected chi connectivity index (χ4v) is 9.25. The molecule has 60 heavy (non-hydrogen) atoms. The first-order valence-electron chi connectivity index (χ1n) is 20.6. The second-order valence-electron chi connectivity index (χ2n) is 16.1. The number of benzene rings is 9. The molecule has 2 heterocycles. The van der Waals surface area contributed by atoms with Gasteiger partial charge in [-0.15, -0.1) is 16.4 Å². The molecule has 0 saturated heterocycles. The van der Waals surface area contributed by atoms with Gasteiger partial charge in [0.05, 0.1) is 0 Å². The highest BCUT2D eigenvalue weighted by molar-refractivity contribution is 6.68. The first kappa shape index (κ1) is 36.0. The van der Waals surface area contributed by atoms with Crippen LogP contribution in [-0.2, 0) is 0 Å². The van der Waals surface area contributed by atoms with Gasteiger partial charge in [-0.25, -0.2) is 15.0 Å². The van der Waals surface area contributed by atoms with Crippen molar-refractivity contribution < 1.29 is 4.42 Å². The Kier molecular flexibility index (Phi) is 8.42. The molecule has 0 atom stereocenters. The molecule has 0 radical (unpaired) electrons. The molecule has 0 aliphatic rings. The van der Waals surface area contributed by atoms with Crippen molar-refractivity contribution in [3.05, 3.63) is 158 Å². The van der Waals surface area contributed by atoms with Gasteiger partial charge in [-0.3, -0.25) is 0 Å². The zero-order chi connectivity index (χ0) is 40.6. The standard InChI is InChI=1S/C51H36B5N3O/c52-44-43(45(53)47(55)48(56)46(44)54)27-14-16-29(17-15-27)50-57-49(28-8-2-1-3-9-28)58-51(59-50)32-19-22-38-40-25-31(20-23-41(40)60-42(38)26-32)30-18-21-37-35-12-5-4-10-33(35)34-11-6-7-13-36(34)39(37)24-30/h1-26H,52-56H2. The lowest BCUT2D eigenvalue weighted by atomic mass is 9.59. The summed E-state index contributed by atoms with van der Waals surface area (Å²) < 4.78 is 6.54. The maximum absolute atomic E-state index is 6.54. The molecule has 11 aromatic rings. The third-order valence-electron chi connectivity index (χ3n) is 12.9. The molecule has 0 amide bonds. The predicted octanol–water partition coefficient (Wildman–Crippen LogP) is 4.86. The molecular formula is C51H36B5N3O. The number of rotatable bonds is 5. The number of hydrogen-bond donors (Lipinski definition) is 0. The molecule has 0 aliphatic heterocycles. The van der Waals surface area contributed by atoms with Crippen molar-refractivity contribution in [2.75, 3.05) is 0 Å². The summed E-state index contributed by atoms with van der Waals surface area (Å²) in [5.74, 6) is 1.85. The van der Waals surface area contributed by atoms with Crippen molar-refractivity contribution in [3.8, 4) is 56.4 Å². The first-order chi connectivity index (χ1) is 29.3.